The molecule has 0 amide bonds. The van der Waals surface area contributed by atoms with Crippen LogP contribution in [0.3, 0.4) is 0 Å². The highest BCUT2D eigenvalue weighted by Gasteiger charge is 2.18. The highest BCUT2D eigenvalue weighted by molar-refractivity contribution is 6.08. The zero-order valence-corrected chi connectivity index (χ0v) is 8.01. The van der Waals surface area contributed by atoms with Crippen LogP contribution in [0.15, 0.2) is 23.3 Å². The summed E-state index contributed by atoms with van der Waals surface area (Å²) in [7, 11) is 0. The Labute approximate surface area is 79.5 Å². The van der Waals surface area contributed by atoms with Crippen LogP contribution in [0.25, 0.3) is 0 Å². The smallest absolute Gasteiger partial charge is 0.184 e. The van der Waals surface area contributed by atoms with Crippen LogP contribution in [0, 0.1) is 0 Å². The Balaban J connectivity index is 2.07. The Morgan fingerprint density at radius 2 is 1.54 bits per heavy atom. The van der Waals surface area contributed by atoms with Gasteiger partial charge in [-0.15, -0.1) is 0 Å². The molecule has 2 rings (SSSR count). The molecule has 0 aromatic carbocycles. The predicted octanol–water partition coefficient (Wildman–Crippen LogP) is 3.17. The molecule has 0 saturated heterocycles. The number of ketones is 1. The summed E-state index contributed by atoms with van der Waals surface area (Å²) in [6.07, 6.45) is 12.1. The van der Waals surface area contributed by atoms with Crippen molar-refractivity contribution in [1.82, 2.24) is 0 Å². The Bertz CT molecular complexity index is 271. The van der Waals surface area contributed by atoms with Gasteiger partial charge in [0.05, 0.1) is 0 Å². The molecule has 0 bridgehead atoms. The van der Waals surface area contributed by atoms with Crippen molar-refractivity contribution in [3.05, 3.63) is 23.3 Å². The van der Waals surface area contributed by atoms with E-state index >= 15 is 0 Å². The fourth-order valence-electron chi connectivity index (χ4n) is 2.13. The van der Waals surface area contributed by atoms with Crippen LogP contribution >= 0.6 is 0 Å². The first-order valence-electron chi connectivity index (χ1n) is 5.31. The monoisotopic (exact) mass is 176 g/mol. The van der Waals surface area contributed by atoms with E-state index in [1.54, 1.807) is 0 Å². The molecule has 0 spiro atoms. The average molecular weight is 176 g/mol. The van der Waals surface area contributed by atoms with Gasteiger partial charge in [-0.1, -0.05) is 12.2 Å². The third-order valence-corrected chi connectivity index (χ3v) is 2.92. The molecule has 1 heteroatoms. The highest BCUT2D eigenvalue weighted by atomic mass is 16.1. The number of carbonyl (C=O) groups excluding carboxylic acids is 1. The summed E-state index contributed by atoms with van der Waals surface area (Å²) in [5.74, 6) is 0.345. The summed E-state index contributed by atoms with van der Waals surface area (Å²) in [5.41, 5.74) is 2.16. The molecule has 0 unspecified atom stereocenters. The number of allylic oxidation sites excluding steroid dienone is 4. The normalized spacial score (nSPS) is 22.5. The van der Waals surface area contributed by atoms with E-state index in [9.17, 15) is 4.79 Å². The van der Waals surface area contributed by atoms with Crippen molar-refractivity contribution in [3.8, 4) is 0 Å². The first-order valence-corrected chi connectivity index (χ1v) is 5.31. The molecule has 0 aromatic heterocycles. The molecule has 1 nitrogen and oxygen atoms in total. The summed E-state index contributed by atoms with van der Waals surface area (Å²) < 4.78 is 0. The van der Waals surface area contributed by atoms with E-state index < -0.39 is 0 Å². The van der Waals surface area contributed by atoms with Crippen LogP contribution < -0.4 is 0 Å². The largest absolute Gasteiger partial charge is 0.289 e. The van der Waals surface area contributed by atoms with Gasteiger partial charge in [-0.05, 0) is 56.1 Å². The van der Waals surface area contributed by atoms with E-state index in [4.69, 9.17) is 0 Å². The van der Waals surface area contributed by atoms with E-state index in [2.05, 4.69) is 12.2 Å². The van der Waals surface area contributed by atoms with Gasteiger partial charge in [0, 0.05) is 0 Å². The minimum absolute atomic E-state index is 0.345. The number of rotatable bonds is 2. The Morgan fingerprint density at radius 3 is 2.08 bits per heavy atom. The Kier molecular flexibility index (Phi) is 2.62. The van der Waals surface area contributed by atoms with Crippen molar-refractivity contribution in [1.29, 1.82) is 0 Å². The lowest BCUT2D eigenvalue weighted by Crippen LogP contribution is -2.07. The summed E-state index contributed by atoms with van der Waals surface area (Å²) >= 11 is 0. The number of carbonyl (C=O) groups is 1. The summed E-state index contributed by atoms with van der Waals surface area (Å²) in [6.45, 7) is 0. The predicted molar refractivity (Wildman–Crippen MR) is 53.5 cm³/mol. The van der Waals surface area contributed by atoms with Crippen LogP contribution in [-0.2, 0) is 4.79 Å². The fourth-order valence-corrected chi connectivity index (χ4v) is 2.13. The van der Waals surface area contributed by atoms with Gasteiger partial charge in [-0.3, -0.25) is 4.79 Å². The van der Waals surface area contributed by atoms with E-state index in [0.717, 1.165) is 36.8 Å². The standard InChI is InChI=1S/C12H16O/c13-12(11-8-4-5-9-11)10-6-2-1-3-7-10/h6,8H,1-5,7,9H2. The van der Waals surface area contributed by atoms with Crippen molar-refractivity contribution < 1.29 is 4.79 Å². The Hall–Kier alpha value is -0.850. The van der Waals surface area contributed by atoms with Gasteiger partial charge in [0.15, 0.2) is 5.78 Å². The summed E-state index contributed by atoms with van der Waals surface area (Å²) in [6, 6.07) is 0. The van der Waals surface area contributed by atoms with Crippen molar-refractivity contribution >= 4 is 5.78 Å². The maximum atomic E-state index is 11.9. The van der Waals surface area contributed by atoms with Gasteiger partial charge in [-0.2, -0.15) is 0 Å². The van der Waals surface area contributed by atoms with Gasteiger partial charge in [0.2, 0.25) is 0 Å². The first kappa shape index (κ1) is 8.74. The molecule has 0 aromatic rings. The van der Waals surface area contributed by atoms with Gasteiger partial charge in [-0.25, -0.2) is 0 Å². The molecule has 70 valence electrons. The highest BCUT2D eigenvalue weighted by Crippen LogP contribution is 2.26. The van der Waals surface area contributed by atoms with Gasteiger partial charge in [0.1, 0.15) is 0 Å². The maximum absolute atomic E-state index is 11.9. The lowest BCUT2D eigenvalue weighted by atomic mass is 9.93. The minimum atomic E-state index is 0.345. The molecule has 0 fully saturated rings. The van der Waals surface area contributed by atoms with Gasteiger partial charge < -0.3 is 0 Å². The Morgan fingerprint density at radius 1 is 0.923 bits per heavy atom. The van der Waals surface area contributed by atoms with Crippen molar-refractivity contribution in [3.63, 3.8) is 0 Å². The van der Waals surface area contributed by atoms with Crippen LogP contribution in [0.4, 0.5) is 0 Å². The van der Waals surface area contributed by atoms with Gasteiger partial charge >= 0.3 is 0 Å². The second-order valence-electron chi connectivity index (χ2n) is 3.93. The fraction of sp³-hybridized carbons (Fsp3) is 0.583. The first-order chi connectivity index (χ1) is 6.38. The van der Waals surface area contributed by atoms with Crippen molar-refractivity contribution in [2.45, 2.75) is 44.9 Å². The third kappa shape index (κ3) is 1.90. The second-order valence-corrected chi connectivity index (χ2v) is 3.93. The molecule has 0 aliphatic heterocycles. The van der Waals surface area contributed by atoms with E-state index in [-0.39, 0.29) is 0 Å². The lowest BCUT2D eigenvalue weighted by Gasteiger charge is -2.11. The van der Waals surface area contributed by atoms with E-state index in [1.807, 2.05) is 0 Å². The average Bonchev–Trinajstić information content (AvgIpc) is 2.71. The summed E-state index contributed by atoms with van der Waals surface area (Å²) in [4.78, 5) is 11.9. The molecule has 13 heavy (non-hydrogen) atoms. The number of hydrogen-bond donors (Lipinski definition) is 0. The third-order valence-electron chi connectivity index (χ3n) is 2.92. The second kappa shape index (κ2) is 3.91. The van der Waals surface area contributed by atoms with Crippen LogP contribution in [0.5, 0.6) is 0 Å². The molecular weight excluding hydrogens is 160 g/mol. The quantitative estimate of drug-likeness (QED) is 0.631. The number of Topliss-reactive ketones (excluding diaryl/α,β-unsaturated/α-hetero) is 1. The molecule has 0 saturated carbocycles. The zero-order valence-electron chi connectivity index (χ0n) is 8.01. The van der Waals surface area contributed by atoms with E-state index in [1.165, 1.54) is 19.3 Å². The molecule has 2 aliphatic carbocycles. The summed E-state index contributed by atoms with van der Waals surface area (Å²) in [5, 5.41) is 0. The van der Waals surface area contributed by atoms with Crippen molar-refractivity contribution in [2.75, 3.05) is 0 Å². The lowest BCUT2D eigenvalue weighted by molar-refractivity contribution is -0.112. The molecular formula is C12H16O. The van der Waals surface area contributed by atoms with Crippen LogP contribution in [0.1, 0.15) is 44.9 Å². The zero-order chi connectivity index (χ0) is 9.10. The topological polar surface area (TPSA) is 17.1 Å². The molecule has 0 radical (unpaired) electrons. The minimum Gasteiger partial charge on any atom is -0.289 e. The molecule has 0 atom stereocenters. The molecule has 0 N–H and O–H groups in total. The van der Waals surface area contributed by atoms with Gasteiger partial charge in [0.25, 0.3) is 0 Å². The van der Waals surface area contributed by atoms with E-state index in [0.29, 0.717) is 5.78 Å². The number of hydrogen-bond acceptors (Lipinski definition) is 1. The SMILES string of the molecule is O=C(C1=CCCC1)C1=CCCCC1. The van der Waals surface area contributed by atoms with Crippen LogP contribution in [0.2, 0.25) is 0 Å². The molecule has 2 aliphatic rings. The molecule has 0 heterocycles. The van der Waals surface area contributed by atoms with Crippen LogP contribution in [-0.4, -0.2) is 5.78 Å². The maximum Gasteiger partial charge on any atom is 0.184 e. The van der Waals surface area contributed by atoms with Crippen molar-refractivity contribution in [2.24, 2.45) is 0 Å².